The molecule has 3 aromatic rings. The number of piperazine rings is 1. The van der Waals surface area contributed by atoms with Crippen LogP contribution in [0.15, 0.2) is 24.3 Å². The fraction of sp³-hybridized carbons (Fsp3) is 0.519. The Hall–Kier alpha value is -2.47. The summed E-state index contributed by atoms with van der Waals surface area (Å²) in [5.41, 5.74) is 3.56. The quantitative estimate of drug-likeness (QED) is 0.536. The summed E-state index contributed by atoms with van der Waals surface area (Å²) in [6, 6.07) is 8.09. The number of aryl methyl sites for hydroxylation is 2. The van der Waals surface area contributed by atoms with Crippen LogP contribution >= 0.6 is 11.3 Å². The normalized spacial score (nSPS) is 20.8. The summed E-state index contributed by atoms with van der Waals surface area (Å²) in [7, 11) is 0. The highest BCUT2D eigenvalue weighted by Crippen LogP contribution is 2.44. The van der Waals surface area contributed by atoms with Gasteiger partial charge in [-0.2, -0.15) is 0 Å². The molecule has 0 spiro atoms. The molecule has 1 amide bonds. The number of hydrogen-bond acceptors (Lipinski definition) is 5. The molecule has 2 aromatic heterocycles. The largest absolute Gasteiger partial charge is 0.352 e. The Morgan fingerprint density at radius 3 is 2.52 bits per heavy atom. The number of thiophene rings is 1. The van der Waals surface area contributed by atoms with Crippen LogP contribution in [0.3, 0.4) is 0 Å². The third-order valence-electron chi connectivity index (χ3n) is 7.57. The topological polar surface area (TPSA) is 49.3 Å². The molecule has 1 aliphatic heterocycles. The maximum atomic E-state index is 13.1. The molecule has 172 valence electrons. The lowest BCUT2D eigenvalue weighted by Crippen LogP contribution is -2.49. The predicted octanol–water partition coefficient (Wildman–Crippen LogP) is 5.22. The highest BCUT2D eigenvalue weighted by Gasteiger charge is 2.32. The minimum atomic E-state index is 0.144. The smallest absolute Gasteiger partial charge is 0.253 e. The van der Waals surface area contributed by atoms with Crippen LogP contribution in [0.4, 0.5) is 5.82 Å². The first-order valence-electron chi connectivity index (χ1n) is 12.6. The standard InChI is InChI=1S/C27H32N4OS/c1-3-18-5-7-20(8-6-18)27(32)31-14-12-30(13-15-31)25-23-21-11-4-17(2)16-22(21)33-26(23)29-24(28-25)19-9-10-19/h5-8,17,19H,3-4,9-16H2,1-2H3. The summed E-state index contributed by atoms with van der Waals surface area (Å²) >= 11 is 1.90. The molecule has 1 atom stereocenters. The molecular formula is C27H32N4OS. The zero-order chi connectivity index (χ0) is 22.5. The van der Waals surface area contributed by atoms with E-state index in [0.29, 0.717) is 5.92 Å². The Morgan fingerprint density at radius 2 is 1.82 bits per heavy atom. The van der Waals surface area contributed by atoms with Crippen molar-refractivity contribution in [1.82, 2.24) is 14.9 Å². The molecule has 1 aromatic carbocycles. The number of hydrogen-bond donors (Lipinski definition) is 0. The second kappa shape index (κ2) is 8.39. The second-order valence-corrected chi connectivity index (χ2v) is 11.1. The van der Waals surface area contributed by atoms with E-state index in [-0.39, 0.29) is 5.91 Å². The van der Waals surface area contributed by atoms with Gasteiger partial charge in [0.05, 0.1) is 5.39 Å². The Balaban J connectivity index is 1.27. The molecule has 6 heteroatoms. The van der Waals surface area contributed by atoms with Gasteiger partial charge in [0.2, 0.25) is 0 Å². The monoisotopic (exact) mass is 460 g/mol. The van der Waals surface area contributed by atoms with Crippen LogP contribution < -0.4 is 4.90 Å². The lowest BCUT2D eigenvalue weighted by molar-refractivity contribution is 0.0746. The maximum Gasteiger partial charge on any atom is 0.253 e. The van der Waals surface area contributed by atoms with E-state index >= 15 is 0 Å². The highest BCUT2D eigenvalue weighted by molar-refractivity contribution is 7.19. The lowest BCUT2D eigenvalue weighted by atomic mass is 9.89. The molecule has 2 fully saturated rings. The minimum Gasteiger partial charge on any atom is -0.352 e. The summed E-state index contributed by atoms with van der Waals surface area (Å²) in [5, 5.41) is 1.31. The molecule has 0 radical (unpaired) electrons. The van der Waals surface area contributed by atoms with Gasteiger partial charge in [-0.05, 0) is 67.7 Å². The van der Waals surface area contributed by atoms with Crippen LogP contribution in [0.5, 0.6) is 0 Å². The van der Waals surface area contributed by atoms with Crippen LogP contribution in [0.1, 0.15) is 71.2 Å². The summed E-state index contributed by atoms with van der Waals surface area (Å²) in [5.74, 6) is 3.61. The van der Waals surface area contributed by atoms with Gasteiger partial charge in [-0.3, -0.25) is 4.79 Å². The van der Waals surface area contributed by atoms with Gasteiger partial charge >= 0.3 is 0 Å². The number of fused-ring (bicyclic) bond motifs is 3. The van der Waals surface area contributed by atoms with Crippen molar-refractivity contribution >= 4 is 33.3 Å². The van der Waals surface area contributed by atoms with Gasteiger partial charge in [-0.25, -0.2) is 9.97 Å². The van der Waals surface area contributed by atoms with E-state index in [0.717, 1.165) is 62.1 Å². The highest BCUT2D eigenvalue weighted by atomic mass is 32.1. The first kappa shape index (κ1) is 21.1. The molecule has 33 heavy (non-hydrogen) atoms. The predicted molar refractivity (Wildman–Crippen MR) is 135 cm³/mol. The van der Waals surface area contributed by atoms with Crippen LogP contribution in [0, 0.1) is 5.92 Å². The Labute approximate surface area is 199 Å². The van der Waals surface area contributed by atoms with Crippen LogP contribution in [0.25, 0.3) is 10.2 Å². The van der Waals surface area contributed by atoms with E-state index < -0.39 is 0 Å². The van der Waals surface area contributed by atoms with Gasteiger partial charge in [0.25, 0.3) is 5.91 Å². The SMILES string of the molecule is CCc1ccc(C(=O)N2CCN(c3nc(C4CC4)nc4sc5c(c34)CCC(C)C5)CC2)cc1. The fourth-order valence-electron chi connectivity index (χ4n) is 5.28. The molecule has 1 saturated heterocycles. The molecule has 5 nitrogen and oxygen atoms in total. The minimum absolute atomic E-state index is 0.144. The summed E-state index contributed by atoms with van der Waals surface area (Å²) in [6.45, 7) is 7.64. The third-order valence-corrected chi connectivity index (χ3v) is 8.72. The first-order chi connectivity index (χ1) is 16.1. The number of anilines is 1. The Morgan fingerprint density at radius 1 is 1.06 bits per heavy atom. The lowest BCUT2D eigenvalue weighted by Gasteiger charge is -2.36. The van der Waals surface area contributed by atoms with Gasteiger partial charge in [-0.1, -0.05) is 26.0 Å². The van der Waals surface area contributed by atoms with Gasteiger partial charge in [-0.15, -0.1) is 11.3 Å². The van der Waals surface area contributed by atoms with Crippen molar-refractivity contribution in [2.45, 2.75) is 58.3 Å². The zero-order valence-corrected chi connectivity index (χ0v) is 20.5. The molecule has 1 saturated carbocycles. The maximum absolute atomic E-state index is 13.1. The van der Waals surface area contributed by atoms with E-state index in [9.17, 15) is 4.79 Å². The Kier molecular flexibility index (Phi) is 5.36. The van der Waals surface area contributed by atoms with Crippen molar-refractivity contribution in [1.29, 1.82) is 0 Å². The number of nitrogens with zero attached hydrogens (tertiary/aromatic N) is 4. The van der Waals surface area contributed by atoms with Crippen molar-refractivity contribution in [3.05, 3.63) is 51.7 Å². The number of rotatable bonds is 4. The van der Waals surface area contributed by atoms with Crippen molar-refractivity contribution in [3.8, 4) is 0 Å². The molecule has 3 aliphatic rings. The van der Waals surface area contributed by atoms with Crippen molar-refractivity contribution in [2.75, 3.05) is 31.1 Å². The fourth-order valence-corrected chi connectivity index (χ4v) is 6.66. The number of amides is 1. The van der Waals surface area contributed by atoms with E-state index in [1.54, 1.807) is 0 Å². The Bertz CT molecular complexity index is 1190. The number of benzene rings is 1. The van der Waals surface area contributed by atoms with Crippen molar-refractivity contribution in [3.63, 3.8) is 0 Å². The molecule has 2 aliphatic carbocycles. The number of carbonyl (C=O) groups is 1. The van der Waals surface area contributed by atoms with Gasteiger partial charge < -0.3 is 9.80 Å². The summed E-state index contributed by atoms with van der Waals surface area (Å²) in [6.07, 6.45) is 6.99. The molecule has 3 heterocycles. The van der Waals surface area contributed by atoms with E-state index in [4.69, 9.17) is 9.97 Å². The molecule has 0 N–H and O–H groups in total. The van der Waals surface area contributed by atoms with E-state index in [2.05, 4.69) is 30.9 Å². The van der Waals surface area contributed by atoms with Crippen LogP contribution in [0.2, 0.25) is 0 Å². The van der Waals surface area contributed by atoms with E-state index in [1.807, 2.05) is 28.4 Å². The average Bonchev–Trinajstić information content (AvgIpc) is 3.64. The van der Waals surface area contributed by atoms with E-state index in [1.165, 1.54) is 51.9 Å². The zero-order valence-electron chi connectivity index (χ0n) is 19.6. The average molecular weight is 461 g/mol. The van der Waals surface area contributed by atoms with Gasteiger partial charge in [0.1, 0.15) is 16.5 Å². The molecular weight excluding hydrogens is 428 g/mol. The van der Waals surface area contributed by atoms with Crippen LogP contribution in [-0.2, 0) is 19.3 Å². The third kappa shape index (κ3) is 3.92. The molecule has 1 unspecified atom stereocenters. The van der Waals surface area contributed by atoms with Crippen molar-refractivity contribution in [2.24, 2.45) is 5.92 Å². The summed E-state index contributed by atoms with van der Waals surface area (Å²) < 4.78 is 0. The van der Waals surface area contributed by atoms with Crippen molar-refractivity contribution < 1.29 is 4.79 Å². The molecule has 0 bridgehead atoms. The molecule has 6 rings (SSSR count). The van der Waals surface area contributed by atoms with Crippen LogP contribution in [-0.4, -0.2) is 47.0 Å². The second-order valence-electron chi connectivity index (χ2n) is 10.0. The number of aromatic nitrogens is 2. The van der Waals surface area contributed by atoms with Gasteiger partial charge in [0, 0.05) is 42.5 Å². The first-order valence-corrected chi connectivity index (χ1v) is 13.4. The van der Waals surface area contributed by atoms with Gasteiger partial charge in [0.15, 0.2) is 0 Å². The number of carbonyl (C=O) groups excluding carboxylic acids is 1. The summed E-state index contributed by atoms with van der Waals surface area (Å²) in [4.78, 5) is 30.4.